The normalized spacial score (nSPS) is 12.5. The van der Waals surface area contributed by atoms with Gasteiger partial charge < -0.3 is 0 Å². The molecule has 0 bridgehead atoms. The Kier molecular flexibility index (Phi) is 7.59. The lowest BCUT2D eigenvalue weighted by atomic mass is 9.81. The van der Waals surface area contributed by atoms with E-state index in [0.29, 0.717) is 0 Å². The van der Waals surface area contributed by atoms with Crippen LogP contribution in [0.3, 0.4) is 0 Å². The van der Waals surface area contributed by atoms with Gasteiger partial charge in [-0.2, -0.15) is 0 Å². The molecule has 0 saturated heterocycles. The van der Waals surface area contributed by atoms with Crippen molar-refractivity contribution in [2.45, 2.75) is 60.8 Å². The Bertz CT molecular complexity index is 1390. The zero-order valence-electron chi connectivity index (χ0n) is 21.6. The molecule has 0 aromatic heterocycles. The minimum Gasteiger partial charge on any atom is -0.0683 e. The average Bonchev–Trinajstić information content (AvgIpc) is 3.13. The fourth-order valence-corrected chi connectivity index (χ4v) is 5.01. The van der Waals surface area contributed by atoms with Crippen LogP contribution in [0.4, 0.5) is 0 Å². The van der Waals surface area contributed by atoms with Crippen LogP contribution >= 0.6 is 0 Å². The quantitative estimate of drug-likeness (QED) is 0.213. The summed E-state index contributed by atoms with van der Waals surface area (Å²) in [6.45, 7) is 16.7. The maximum absolute atomic E-state index is 2.39. The van der Waals surface area contributed by atoms with Crippen LogP contribution < -0.4 is 0 Å². The lowest BCUT2D eigenvalue weighted by Crippen LogP contribution is -2.14. The summed E-state index contributed by atoms with van der Waals surface area (Å²) in [4.78, 5) is 0. The van der Waals surface area contributed by atoms with E-state index in [4.69, 9.17) is 0 Å². The standard InChI is InChI=1S/C27H20.3C2H6/c1-27(2)23-13-11-17-7-5-6-10-21(17)25(23)26-22-16-19-9-4-3-8-18(19)15-20(22)12-14-24(26)27;3*1-2/h3-16H,1-2H3;3*1-2H3. The van der Waals surface area contributed by atoms with E-state index < -0.39 is 0 Å². The molecule has 0 heteroatoms. The van der Waals surface area contributed by atoms with Gasteiger partial charge in [-0.3, -0.25) is 0 Å². The smallest absolute Gasteiger partial charge is 0.0159 e. The number of rotatable bonds is 0. The van der Waals surface area contributed by atoms with E-state index in [1.165, 1.54) is 54.6 Å². The number of hydrogen-bond donors (Lipinski definition) is 0. The van der Waals surface area contributed by atoms with Crippen molar-refractivity contribution in [2.24, 2.45) is 0 Å². The van der Waals surface area contributed by atoms with Crippen LogP contribution in [0.5, 0.6) is 0 Å². The molecule has 170 valence electrons. The van der Waals surface area contributed by atoms with E-state index in [1.54, 1.807) is 0 Å². The lowest BCUT2D eigenvalue weighted by molar-refractivity contribution is 0.661. The summed E-state index contributed by atoms with van der Waals surface area (Å²) < 4.78 is 0. The van der Waals surface area contributed by atoms with Crippen LogP contribution in [-0.4, -0.2) is 0 Å². The summed E-state index contributed by atoms with van der Waals surface area (Å²) in [5.74, 6) is 0. The minimum atomic E-state index is 0.0224. The predicted molar refractivity (Wildman–Crippen MR) is 151 cm³/mol. The summed E-state index contributed by atoms with van der Waals surface area (Å²) in [6.07, 6.45) is 0. The first-order valence-corrected chi connectivity index (χ1v) is 12.6. The molecule has 0 nitrogen and oxygen atoms in total. The van der Waals surface area contributed by atoms with Crippen molar-refractivity contribution in [1.29, 1.82) is 0 Å². The molecule has 0 amide bonds. The Morgan fingerprint density at radius 3 is 1.48 bits per heavy atom. The Morgan fingerprint density at radius 1 is 0.424 bits per heavy atom. The van der Waals surface area contributed by atoms with E-state index in [9.17, 15) is 0 Å². The predicted octanol–water partition coefficient (Wildman–Crippen LogP) is 10.5. The maximum atomic E-state index is 2.39. The van der Waals surface area contributed by atoms with Gasteiger partial charge in [0.2, 0.25) is 0 Å². The SMILES string of the molecule is CC.CC.CC.CC1(C)c2ccc3ccccc3c2-c2c1ccc1cc3ccccc3cc21. The van der Waals surface area contributed by atoms with E-state index in [1.807, 2.05) is 41.5 Å². The highest BCUT2D eigenvalue weighted by Crippen LogP contribution is 2.53. The molecule has 6 rings (SSSR count). The number of hydrogen-bond acceptors (Lipinski definition) is 0. The van der Waals surface area contributed by atoms with Gasteiger partial charge in [-0.15, -0.1) is 0 Å². The van der Waals surface area contributed by atoms with E-state index in [-0.39, 0.29) is 5.41 Å². The lowest BCUT2D eigenvalue weighted by Gasteiger charge is -2.21. The summed E-state index contributed by atoms with van der Waals surface area (Å²) in [5, 5.41) is 7.99. The van der Waals surface area contributed by atoms with Crippen molar-refractivity contribution in [1.82, 2.24) is 0 Å². The van der Waals surface area contributed by atoms with Crippen molar-refractivity contribution in [3.63, 3.8) is 0 Å². The average molecular weight is 435 g/mol. The van der Waals surface area contributed by atoms with Gasteiger partial charge in [-0.25, -0.2) is 0 Å². The first kappa shape index (κ1) is 24.5. The molecule has 1 aliphatic rings. The van der Waals surface area contributed by atoms with Gasteiger partial charge in [0, 0.05) is 5.41 Å². The van der Waals surface area contributed by atoms with Crippen molar-refractivity contribution >= 4 is 32.3 Å². The first-order valence-electron chi connectivity index (χ1n) is 12.6. The molecule has 0 unspecified atom stereocenters. The summed E-state index contributed by atoms with van der Waals surface area (Å²) in [5.41, 5.74) is 5.76. The highest BCUT2D eigenvalue weighted by atomic mass is 14.4. The third kappa shape index (κ3) is 3.93. The second kappa shape index (κ2) is 10.2. The zero-order chi connectivity index (χ0) is 24.2. The van der Waals surface area contributed by atoms with Crippen LogP contribution in [0.15, 0.2) is 84.9 Å². The van der Waals surface area contributed by atoms with Gasteiger partial charge in [0.25, 0.3) is 0 Å². The van der Waals surface area contributed by atoms with Gasteiger partial charge in [-0.05, 0) is 66.7 Å². The van der Waals surface area contributed by atoms with Crippen molar-refractivity contribution in [3.8, 4) is 11.1 Å². The molecule has 0 saturated carbocycles. The van der Waals surface area contributed by atoms with Gasteiger partial charge in [0.05, 0.1) is 0 Å². The van der Waals surface area contributed by atoms with Crippen molar-refractivity contribution in [3.05, 3.63) is 96.1 Å². The van der Waals surface area contributed by atoms with Crippen LogP contribution in [0.1, 0.15) is 66.5 Å². The molecule has 0 spiro atoms. The largest absolute Gasteiger partial charge is 0.0683 e. The summed E-state index contributed by atoms with van der Waals surface area (Å²) in [6, 6.07) is 31.4. The second-order valence-electron chi connectivity index (χ2n) is 8.24. The van der Waals surface area contributed by atoms with Crippen LogP contribution in [0.2, 0.25) is 0 Å². The number of fused-ring (bicyclic) bond motifs is 8. The molecule has 0 atom stereocenters. The third-order valence-corrected chi connectivity index (χ3v) is 6.41. The third-order valence-electron chi connectivity index (χ3n) is 6.41. The Hall–Kier alpha value is -3.12. The molecular formula is C33H38. The van der Waals surface area contributed by atoms with E-state index >= 15 is 0 Å². The van der Waals surface area contributed by atoms with Gasteiger partial charge in [-0.1, -0.05) is 128 Å². The van der Waals surface area contributed by atoms with Crippen LogP contribution in [-0.2, 0) is 5.41 Å². The highest BCUT2D eigenvalue weighted by molar-refractivity contribution is 6.13. The fourth-order valence-electron chi connectivity index (χ4n) is 5.01. The van der Waals surface area contributed by atoms with Gasteiger partial charge >= 0.3 is 0 Å². The van der Waals surface area contributed by atoms with Crippen LogP contribution in [0, 0.1) is 0 Å². The fraction of sp³-hybridized carbons (Fsp3) is 0.273. The zero-order valence-corrected chi connectivity index (χ0v) is 21.6. The summed E-state index contributed by atoms with van der Waals surface area (Å²) in [7, 11) is 0. The van der Waals surface area contributed by atoms with Crippen LogP contribution in [0.25, 0.3) is 43.4 Å². The van der Waals surface area contributed by atoms with Gasteiger partial charge in [0.1, 0.15) is 0 Å². The van der Waals surface area contributed by atoms with Crippen molar-refractivity contribution < 1.29 is 0 Å². The molecular weight excluding hydrogens is 396 g/mol. The molecule has 0 fully saturated rings. The minimum absolute atomic E-state index is 0.0224. The van der Waals surface area contributed by atoms with E-state index in [2.05, 4.69) is 98.8 Å². The maximum Gasteiger partial charge on any atom is 0.0159 e. The highest BCUT2D eigenvalue weighted by Gasteiger charge is 2.37. The topological polar surface area (TPSA) is 0 Å². The monoisotopic (exact) mass is 434 g/mol. The molecule has 5 aromatic rings. The Morgan fingerprint density at radius 2 is 0.879 bits per heavy atom. The molecule has 0 aliphatic heterocycles. The second-order valence-corrected chi connectivity index (χ2v) is 8.24. The van der Waals surface area contributed by atoms with Crippen molar-refractivity contribution in [2.75, 3.05) is 0 Å². The molecule has 1 aliphatic carbocycles. The Labute approximate surface area is 200 Å². The molecule has 0 N–H and O–H groups in total. The summed E-state index contributed by atoms with van der Waals surface area (Å²) >= 11 is 0. The molecule has 33 heavy (non-hydrogen) atoms. The Balaban J connectivity index is 0.000000475. The van der Waals surface area contributed by atoms with Gasteiger partial charge in [0.15, 0.2) is 0 Å². The molecule has 5 aromatic carbocycles. The first-order chi connectivity index (χ1) is 16.1. The molecule has 0 radical (unpaired) electrons. The molecule has 0 heterocycles. The van der Waals surface area contributed by atoms with E-state index in [0.717, 1.165) is 0 Å². The number of benzene rings is 5.